The van der Waals surface area contributed by atoms with E-state index in [9.17, 15) is 4.79 Å². The van der Waals surface area contributed by atoms with Gasteiger partial charge in [0, 0.05) is 33.1 Å². The van der Waals surface area contributed by atoms with Crippen LogP contribution in [0.1, 0.15) is 108 Å². The van der Waals surface area contributed by atoms with Gasteiger partial charge in [-0.2, -0.15) is 0 Å². The summed E-state index contributed by atoms with van der Waals surface area (Å²) in [5.74, 6) is 1.40. The second-order valence-electron chi connectivity index (χ2n) is 11.6. The van der Waals surface area contributed by atoms with E-state index >= 15 is 0 Å². The first-order valence-electron chi connectivity index (χ1n) is 15.9. The number of hydrogen-bond acceptors (Lipinski definition) is 4. The molecule has 5 nitrogen and oxygen atoms in total. The van der Waals surface area contributed by atoms with Gasteiger partial charge in [-0.25, -0.2) is 4.98 Å². The fourth-order valence-electron chi connectivity index (χ4n) is 6.20. The van der Waals surface area contributed by atoms with Gasteiger partial charge < -0.3 is 9.47 Å². The van der Waals surface area contributed by atoms with Crippen LogP contribution in [0, 0.1) is 6.92 Å². The molecule has 4 aromatic rings. The van der Waals surface area contributed by atoms with Crippen molar-refractivity contribution in [2.24, 2.45) is 0 Å². The molecule has 0 fully saturated rings. The number of rotatable bonds is 16. The first kappa shape index (κ1) is 29.7. The average Bonchev–Trinajstić information content (AvgIpc) is 3.35. The highest BCUT2D eigenvalue weighted by atomic mass is 35.5. The van der Waals surface area contributed by atoms with E-state index in [-0.39, 0.29) is 5.56 Å². The van der Waals surface area contributed by atoms with Gasteiger partial charge in [-0.15, -0.1) is 0 Å². The summed E-state index contributed by atoms with van der Waals surface area (Å²) in [5, 5.41) is 3.41. The van der Waals surface area contributed by atoms with E-state index in [0.29, 0.717) is 30.4 Å². The average molecular weight is 577 g/mol. The van der Waals surface area contributed by atoms with Gasteiger partial charge in [0.1, 0.15) is 5.65 Å². The van der Waals surface area contributed by atoms with E-state index in [4.69, 9.17) is 26.1 Å². The van der Waals surface area contributed by atoms with Gasteiger partial charge >= 0.3 is 0 Å². The SMILES string of the molecule is CCCCCCCCOc1cc2nc3c4cc(Cl)c(C)c5c4c(c(=O)n3c2cc1OCCCCCCCC)=CCC5. The molecule has 0 bridgehead atoms. The maximum Gasteiger partial charge on any atom is 0.264 e. The molecule has 0 amide bonds. The highest BCUT2D eigenvalue weighted by Crippen LogP contribution is 2.36. The molecule has 41 heavy (non-hydrogen) atoms. The van der Waals surface area contributed by atoms with Crippen LogP contribution in [0.4, 0.5) is 0 Å². The van der Waals surface area contributed by atoms with Crippen molar-refractivity contribution in [3.63, 3.8) is 0 Å². The molecule has 5 rings (SSSR count). The van der Waals surface area contributed by atoms with Gasteiger partial charge in [0.2, 0.25) is 0 Å². The molecule has 2 aromatic carbocycles. The number of halogens is 1. The first-order valence-corrected chi connectivity index (χ1v) is 16.3. The molecule has 6 heteroatoms. The molecule has 2 heterocycles. The number of hydrogen-bond donors (Lipinski definition) is 0. The Hall–Kier alpha value is -2.79. The summed E-state index contributed by atoms with van der Waals surface area (Å²) in [7, 11) is 0. The van der Waals surface area contributed by atoms with Crippen molar-refractivity contribution >= 4 is 45.1 Å². The number of aryl methyl sites for hydroxylation is 1. The smallest absolute Gasteiger partial charge is 0.264 e. The Balaban J connectivity index is 1.50. The van der Waals surface area contributed by atoms with Crippen LogP contribution in [0.15, 0.2) is 23.0 Å². The van der Waals surface area contributed by atoms with Crippen LogP contribution in [0.5, 0.6) is 11.5 Å². The number of pyridine rings is 1. The summed E-state index contributed by atoms with van der Waals surface area (Å²) in [5.41, 5.74) is 4.34. The van der Waals surface area contributed by atoms with Gasteiger partial charge in [-0.1, -0.05) is 95.7 Å². The zero-order valence-corrected chi connectivity index (χ0v) is 25.9. The molecule has 1 aliphatic carbocycles. The van der Waals surface area contributed by atoms with Crippen molar-refractivity contribution in [1.29, 1.82) is 0 Å². The van der Waals surface area contributed by atoms with Crippen molar-refractivity contribution in [1.82, 2.24) is 9.38 Å². The largest absolute Gasteiger partial charge is 0.490 e. The molecular formula is C35H45ClN2O3. The van der Waals surface area contributed by atoms with Crippen LogP contribution in [0.2, 0.25) is 5.02 Å². The molecule has 220 valence electrons. The zero-order valence-electron chi connectivity index (χ0n) is 25.1. The first-order chi connectivity index (χ1) is 20.0. The van der Waals surface area contributed by atoms with E-state index in [1.54, 1.807) is 4.40 Å². The Kier molecular flexibility index (Phi) is 10.1. The maximum atomic E-state index is 13.9. The fourth-order valence-corrected chi connectivity index (χ4v) is 6.42. The second-order valence-corrected chi connectivity index (χ2v) is 12.0. The van der Waals surface area contributed by atoms with Gasteiger partial charge in [0.15, 0.2) is 11.5 Å². The fraction of sp³-hybridized carbons (Fsp3) is 0.543. The molecule has 0 aliphatic heterocycles. The Morgan fingerprint density at radius 1 is 0.854 bits per heavy atom. The molecule has 0 radical (unpaired) electrons. The van der Waals surface area contributed by atoms with Crippen molar-refractivity contribution in [2.75, 3.05) is 13.2 Å². The topological polar surface area (TPSA) is 52.8 Å². The van der Waals surface area contributed by atoms with Crippen molar-refractivity contribution in [3.05, 3.63) is 49.9 Å². The van der Waals surface area contributed by atoms with E-state index in [1.807, 2.05) is 25.1 Å². The monoisotopic (exact) mass is 576 g/mol. The quantitative estimate of drug-likeness (QED) is 0.125. The summed E-state index contributed by atoms with van der Waals surface area (Å²) in [4.78, 5) is 18.9. The summed E-state index contributed by atoms with van der Waals surface area (Å²) in [6.45, 7) is 7.80. The summed E-state index contributed by atoms with van der Waals surface area (Å²) < 4.78 is 14.4. The third-order valence-corrected chi connectivity index (χ3v) is 8.96. The summed E-state index contributed by atoms with van der Waals surface area (Å²) in [6.07, 6.45) is 18.3. The number of fused-ring (bicyclic) bond motifs is 4. The molecule has 0 saturated carbocycles. The van der Waals surface area contributed by atoms with Crippen LogP contribution < -0.4 is 20.3 Å². The molecule has 0 saturated heterocycles. The third kappa shape index (κ3) is 6.35. The number of unbranched alkanes of at least 4 members (excludes halogenated alkanes) is 10. The predicted molar refractivity (Wildman–Crippen MR) is 172 cm³/mol. The second kappa shape index (κ2) is 13.9. The van der Waals surface area contributed by atoms with Crippen molar-refractivity contribution in [3.8, 4) is 11.5 Å². The normalized spacial score (nSPS) is 12.9. The minimum Gasteiger partial charge on any atom is -0.490 e. The Morgan fingerprint density at radius 3 is 2.12 bits per heavy atom. The van der Waals surface area contributed by atoms with Gasteiger partial charge in [-0.05, 0) is 49.8 Å². The molecule has 2 aromatic heterocycles. The number of imidazole rings is 1. The van der Waals surface area contributed by atoms with Crippen LogP contribution in [0.3, 0.4) is 0 Å². The molecule has 0 unspecified atom stereocenters. The lowest BCUT2D eigenvalue weighted by Gasteiger charge is -2.16. The Labute approximate surface area is 248 Å². The third-order valence-electron chi connectivity index (χ3n) is 8.57. The Bertz CT molecular complexity index is 1620. The number of benzene rings is 2. The van der Waals surface area contributed by atoms with Crippen LogP contribution in [-0.4, -0.2) is 22.6 Å². The van der Waals surface area contributed by atoms with Crippen LogP contribution in [0.25, 0.3) is 33.5 Å². The van der Waals surface area contributed by atoms with E-state index in [1.165, 1.54) is 56.9 Å². The molecule has 0 atom stereocenters. The van der Waals surface area contributed by atoms with Crippen LogP contribution >= 0.6 is 11.6 Å². The van der Waals surface area contributed by atoms with Gasteiger partial charge in [0.25, 0.3) is 5.56 Å². The van der Waals surface area contributed by atoms with E-state index < -0.39 is 0 Å². The molecular weight excluding hydrogens is 532 g/mol. The minimum atomic E-state index is -0.0275. The van der Waals surface area contributed by atoms with Gasteiger partial charge in [-0.3, -0.25) is 9.20 Å². The standard InChI is InChI=1S/C35H45ClN2O3/c1-4-6-8-10-12-14-19-40-31-22-29-30(23-32(31)41-20-15-13-11-9-7-5-2)38-34(37-29)27-21-28(36)24(3)25-17-16-18-26(33(25)27)35(38)39/h18,21-23H,4-17,19-20H2,1-3H3. The van der Waals surface area contributed by atoms with E-state index in [0.717, 1.165) is 76.1 Å². The maximum absolute atomic E-state index is 13.9. The summed E-state index contributed by atoms with van der Waals surface area (Å²) in [6, 6.07) is 5.90. The minimum absolute atomic E-state index is 0.0275. The molecule has 0 N–H and O–H groups in total. The highest BCUT2D eigenvalue weighted by Gasteiger charge is 2.22. The Morgan fingerprint density at radius 2 is 1.46 bits per heavy atom. The number of ether oxygens (including phenoxy) is 2. The number of nitrogens with zero attached hydrogens (tertiary/aromatic N) is 2. The zero-order chi connectivity index (χ0) is 28.8. The van der Waals surface area contributed by atoms with Crippen molar-refractivity contribution in [2.45, 2.75) is 111 Å². The number of aromatic nitrogens is 2. The lowest BCUT2D eigenvalue weighted by Crippen LogP contribution is -2.33. The van der Waals surface area contributed by atoms with Crippen LogP contribution in [-0.2, 0) is 6.42 Å². The van der Waals surface area contributed by atoms with Crippen molar-refractivity contribution < 1.29 is 9.47 Å². The summed E-state index contributed by atoms with van der Waals surface area (Å²) >= 11 is 6.69. The van der Waals surface area contributed by atoms with Gasteiger partial charge in [0.05, 0.1) is 24.2 Å². The molecule has 0 spiro atoms. The highest BCUT2D eigenvalue weighted by molar-refractivity contribution is 6.32. The molecule has 1 aliphatic rings. The predicted octanol–water partition coefficient (Wildman–Crippen LogP) is 8.89. The lowest BCUT2D eigenvalue weighted by molar-refractivity contribution is 0.259. The lowest BCUT2D eigenvalue weighted by atomic mass is 9.92. The van der Waals surface area contributed by atoms with E-state index in [2.05, 4.69) is 19.9 Å².